The number of hydrogen-bond acceptors (Lipinski definition) is 3. The lowest BCUT2D eigenvalue weighted by molar-refractivity contribution is -0.138. The number of carbonyl (C=O) groups is 1. The molecule has 5 heteroatoms. The van der Waals surface area contributed by atoms with Gasteiger partial charge in [-0.2, -0.15) is 0 Å². The summed E-state index contributed by atoms with van der Waals surface area (Å²) in [5.41, 5.74) is 0.722. The van der Waals surface area contributed by atoms with Crippen molar-refractivity contribution in [1.82, 2.24) is 4.90 Å². The van der Waals surface area contributed by atoms with E-state index in [1.165, 1.54) is 11.0 Å². The molecular weight excluding hydrogens is 261 g/mol. The van der Waals surface area contributed by atoms with Gasteiger partial charge in [-0.25, -0.2) is 4.39 Å². The van der Waals surface area contributed by atoms with Gasteiger partial charge in [0.25, 0.3) is 5.91 Å². The predicted octanol–water partition coefficient (Wildman–Crippen LogP) is 1.36. The van der Waals surface area contributed by atoms with Crippen LogP contribution in [0.3, 0.4) is 0 Å². The van der Waals surface area contributed by atoms with E-state index in [4.69, 9.17) is 4.74 Å². The molecule has 2 atom stereocenters. The second-order valence-electron chi connectivity index (χ2n) is 5.66. The first-order valence-corrected chi connectivity index (χ1v) is 6.93. The van der Waals surface area contributed by atoms with Crippen molar-refractivity contribution in [1.29, 1.82) is 0 Å². The van der Waals surface area contributed by atoms with Crippen LogP contribution in [0.15, 0.2) is 18.2 Å². The van der Waals surface area contributed by atoms with Crippen molar-refractivity contribution in [3.63, 3.8) is 0 Å². The number of para-hydroxylation sites is 1. The van der Waals surface area contributed by atoms with Crippen LogP contribution in [0.2, 0.25) is 0 Å². The van der Waals surface area contributed by atoms with Crippen molar-refractivity contribution in [2.75, 3.05) is 13.6 Å². The Morgan fingerprint density at radius 1 is 1.55 bits per heavy atom. The van der Waals surface area contributed by atoms with Gasteiger partial charge in [-0.15, -0.1) is 0 Å². The molecule has 1 heterocycles. The smallest absolute Gasteiger partial charge is 0.263 e. The molecule has 108 valence electrons. The van der Waals surface area contributed by atoms with Gasteiger partial charge in [0, 0.05) is 25.6 Å². The van der Waals surface area contributed by atoms with Crippen LogP contribution < -0.4 is 4.74 Å². The molecule has 1 N–H and O–H groups in total. The molecule has 2 unspecified atom stereocenters. The summed E-state index contributed by atoms with van der Waals surface area (Å²) in [5.74, 6) is -0.134. The number of nitrogens with zero attached hydrogens (tertiary/aromatic N) is 1. The summed E-state index contributed by atoms with van der Waals surface area (Å²) in [6.07, 6.45) is 1.29. The summed E-state index contributed by atoms with van der Waals surface area (Å²) in [6.45, 7) is 0.308. The van der Waals surface area contributed by atoms with Crippen LogP contribution in [-0.4, -0.2) is 41.7 Å². The van der Waals surface area contributed by atoms with E-state index in [1.807, 2.05) is 0 Å². The highest BCUT2D eigenvalue weighted by molar-refractivity contribution is 5.82. The highest BCUT2D eigenvalue weighted by Gasteiger charge is 2.35. The van der Waals surface area contributed by atoms with E-state index in [0.29, 0.717) is 18.9 Å². The van der Waals surface area contributed by atoms with E-state index < -0.39 is 18.0 Å². The fourth-order valence-corrected chi connectivity index (χ4v) is 2.61. The number of hydrogen-bond donors (Lipinski definition) is 1. The largest absolute Gasteiger partial charge is 0.477 e. The van der Waals surface area contributed by atoms with Gasteiger partial charge in [0.2, 0.25) is 0 Å². The summed E-state index contributed by atoms with van der Waals surface area (Å²) in [7, 11) is 1.65. The molecular formula is C15H18FNO3. The second kappa shape index (κ2) is 5.05. The highest BCUT2D eigenvalue weighted by Crippen LogP contribution is 2.34. The topological polar surface area (TPSA) is 49.8 Å². The maximum atomic E-state index is 13.6. The fraction of sp³-hybridized carbons (Fsp3) is 0.533. The van der Waals surface area contributed by atoms with E-state index in [9.17, 15) is 14.3 Å². The zero-order chi connectivity index (χ0) is 14.3. The minimum absolute atomic E-state index is 0.182. The fourth-order valence-electron chi connectivity index (χ4n) is 2.61. The number of carbonyl (C=O) groups excluding carboxylic acids is 1. The summed E-state index contributed by atoms with van der Waals surface area (Å²) >= 11 is 0. The molecule has 0 bridgehead atoms. The van der Waals surface area contributed by atoms with E-state index in [1.54, 1.807) is 19.2 Å². The summed E-state index contributed by atoms with van der Waals surface area (Å²) in [6, 6.07) is 4.71. The van der Waals surface area contributed by atoms with Gasteiger partial charge < -0.3 is 14.7 Å². The molecule has 2 aliphatic rings. The lowest BCUT2D eigenvalue weighted by atomic mass is 10.1. The number of ether oxygens (including phenoxy) is 1. The van der Waals surface area contributed by atoms with Gasteiger partial charge in [-0.3, -0.25) is 4.79 Å². The number of aliphatic hydroxyl groups is 1. The lowest BCUT2D eigenvalue weighted by Crippen LogP contribution is -2.43. The average Bonchev–Trinajstić information content (AvgIpc) is 3.18. The normalized spacial score (nSPS) is 22.1. The predicted molar refractivity (Wildman–Crippen MR) is 70.9 cm³/mol. The van der Waals surface area contributed by atoms with Crippen molar-refractivity contribution in [2.24, 2.45) is 5.92 Å². The molecule has 0 radical (unpaired) electrons. The van der Waals surface area contributed by atoms with Crippen molar-refractivity contribution in [3.05, 3.63) is 29.6 Å². The number of fused-ring (bicyclic) bond motifs is 1. The molecule has 4 nitrogen and oxygen atoms in total. The van der Waals surface area contributed by atoms with Crippen molar-refractivity contribution in [2.45, 2.75) is 31.5 Å². The van der Waals surface area contributed by atoms with Crippen LogP contribution in [0.1, 0.15) is 18.4 Å². The van der Waals surface area contributed by atoms with Crippen LogP contribution in [0, 0.1) is 11.7 Å². The Balaban J connectivity index is 1.63. The van der Waals surface area contributed by atoms with Gasteiger partial charge in [0.1, 0.15) is 0 Å². The Morgan fingerprint density at radius 2 is 2.30 bits per heavy atom. The lowest BCUT2D eigenvalue weighted by Gasteiger charge is -2.23. The maximum absolute atomic E-state index is 13.6. The molecule has 1 aliphatic carbocycles. The molecule has 20 heavy (non-hydrogen) atoms. The van der Waals surface area contributed by atoms with Crippen LogP contribution in [0.4, 0.5) is 4.39 Å². The van der Waals surface area contributed by atoms with E-state index in [2.05, 4.69) is 0 Å². The van der Waals surface area contributed by atoms with Gasteiger partial charge in [-0.05, 0) is 24.8 Å². The van der Waals surface area contributed by atoms with Gasteiger partial charge in [0.05, 0.1) is 6.10 Å². The molecule has 1 aliphatic heterocycles. The zero-order valence-corrected chi connectivity index (χ0v) is 11.4. The third-order valence-corrected chi connectivity index (χ3v) is 3.99. The monoisotopic (exact) mass is 279 g/mol. The van der Waals surface area contributed by atoms with E-state index >= 15 is 0 Å². The minimum atomic E-state index is -0.682. The Labute approximate surface area is 117 Å². The number of benzene rings is 1. The molecule has 0 spiro atoms. The Kier molecular flexibility index (Phi) is 3.38. The molecule has 0 aromatic heterocycles. The van der Waals surface area contributed by atoms with Crippen LogP contribution in [0.25, 0.3) is 0 Å². The van der Waals surface area contributed by atoms with Gasteiger partial charge in [0.15, 0.2) is 17.7 Å². The molecule has 3 rings (SSSR count). The number of halogens is 1. The minimum Gasteiger partial charge on any atom is -0.477 e. The van der Waals surface area contributed by atoms with Crippen LogP contribution in [-0.2, 0) is 11.2 Å². The highest BCUT2D eigenvalue weighted by atomic mass is 19.1. The first kappa shape index (κ1) is 13.4. The van der Waals surface area contributed by atoms with Gasteiger partial charge in [-0.1, -0.05) is 12.1 Å². The first-order chi connectivity index (χ1) is 9.56. The van der Waals surface area contributed by atoms with Crippen LogP contribution in [0.5, 0.6) is 5.75 Å². The maximum Gasteiger partial charge on any atom is 0.263 e. The van der Waals surface area contributed by atoms with E-state index in [0.717, 1.165) is 18.4 Å². The molecule has 0 saturated heterocycles. The van der Waals surface area contributed by atoms with Gasteiger partial charge >= 0.3 is 0 Å². The van der Waals surface area contributed by atoms with Crippen molar-refractivity contribution >= 4 is 5.91 Å². The molecule has 1 aromatic rings. The third kappa shape index (κ3) is 2.50. The standard InChI is InChI=1S/C15H18FNO3/c1-17(8-12(18)9-5-6-9)15(19)13-7-10-3-2-4-11(16)14(10)20-13/h2-4,9,12-13,18H,5-8H2,1H3. The summed E-state index contributed by atoms with van der Waals surface area (Å²) in [4.78, 5) is 13.8. The quantitative estimate of drug-likeness (QED) is 0.905. The van der Waals surface area contributed by atoms with E-state index in [-0.39, 0.29) is 11.7 Å². The number of aliphatic hydroxyl groups excluding tert-OH is 1. The van der Waals surface area contributed by atoms with Crippen LogP contribution >= 0.6 is 0 Å². The third-order valence-electron chi connectivity index (χ3n) is 3.99. The second-order valence-corrected chi connectivity index (χ2v) is 5.66. The zero-order valence-electron chi connectivity index (χ0n) is 11.4. The number of likely N-dealkylation sites (N-methyl/N-ethyl adjacent to an activating group) is 1. The molecule has 1 aromatic carbocycles. The summed E-state index contributed by atoms with van der Waals surface area (Å²) in [5, 5.41) is 9.87. The first-order valence-electron chi connectivity index (χ1n) is 6.93. The number of rotatable bonds is 4. The molecule has 1 amide bonds. The Morgan fingerprint density at radius 3 is 2.95 bits per heavy atom. The average molecular weight is 279 g/mol. The Bertz CT molecular complexity index is 530. The molecule has 1 saturated carbocycles. The number of amides is 1. The van der Waals surface area contributed by atoms with Crippen molar-refractivity contribution < 1.29 is 19.0 Å². The SMILES string of the molecule is CN(CC(O)C1CC1)C(=O)C1Cc2cccc(F)c2O1. The van der Waals surface area contributed by atoms with Crippen molar-refractivity contribution in [3.8, 4) is 5.75 Å². The summed E-state index contributed by atoms with van der Waals surface area (Å²) < 4.78 is 19.0. The molecule has 1 fully saturated rings. The Hall–Kier alpha value is -1.62.